The number of nitrogens with one attached hydrogen (secondary N) is 1. The lowest BCUT2D eigenvalue weighted by Gasteiger charge is -2.15. The lowest BCUT2D eigenvalue weighted by atomic mass is 10.1. The topological polar surface area (TPSA) is 72.7 Å². The summed E-state index contributed by atoms with van der Waals surface area (Å²) in [5.74, 6) is -0.127. The maximum Gasteiger partial charge on any atom is 0.252 e. The molecule has 0 aliphatic carbocycles. The fourth-order valence-corrected chi connectivity index (χ4v) is 2.72. The van der Waals surface area contributed by atoms with E-state index < -0.39 is 0 Å². The van der Waals surface area contributed by atoms with Crippen LogP contribution in [0.4, 0.5) is 0 Å². The second-order valence-corrected chi connectivity index (χ2v) is 6.21. The van der Waals surface area contributed by atoms with Crippen molar-refractivity contribution in [1.82, 2.24) is 25.1 Å². The summed E-state index contributed by atoms with van der Waals surface area (Å²) in [4.78, 5) is 21.3. The Hall–Kier alpha value is -2.76. The van der Waals surface area contributed by atoms with Gasteiger partial charge >= 0.3 is 0 Å². The van der Waals surface area contributed by atoms with Crippen LogP contribution in [0.15, 0.2) is 36.8 Å². The average Bonchev–Trinajstić information content (AvgIpc) is 2.98. The molecule has 1 unspecified atom stereocenters. The van der Waals surface area contributed by atoms with Crippen molar-refractivity contribution < 1.29 is 4.79 Å². The predicted octanol–water partition coefficient (Wildman–Crippen LogP) is 3.21. The van der Waals surface area contributed by atoms with Crippen LogP contribution >= 0.6 is 0 Å². The van der Waals surface area contributed by atoms with Gasteiger partial charge in [-0.2, -0.15) is 5.10 Å². The fraction of sp³-hybridized carbons (Fsp3) is 0.333. The van der Waals surface area contributed by atoms with E-state index in [0.717, 1.165) is 22.3 Å². The van der Waals surface area contributed by atoms with E-state index >= 15 is 0 Å². The van der Waals surface area contributed by atoms with Crippen molar-refractivity contribution in [3.8, 4) is 0 Å². The first-order valence-corrected chi connectivity index (χ1v) is 8.03. The summed E-state index contributed by atoms with van der Waals surface area (Å²) < 4.78 is 1.84. The summed E-state index contributed by atoms with van der Waals surface area (Å²) in [7, 11) is 0. The summed E-state index contributed by atoms with van der Waals surface area (Å²) in [6.07, 6.45) is 5.16. The van der Waals surface area contributed by atoms with Crippen LogP contribution in [0.25, 0.3) is 11.0 Å². The van der Waals surface area contributed by atoms with Crippen LogP contribution < -0.4 is 5.32 Å². The smallest absolute Gasteiger partial charge is 0.252 e. The van der Waals surface area contributed by atoms with Gasteiger partial charge < -0.3 is 5.32 Å². The number of amides is 1. The summed E-state index contributed by atoms with van der Waals surface area (Å²) >= 11 is 0. The van der Waals surface area contributed by atoms with Crippen LogP contribution in [-0.4, -0.2) is 25.7 Å². The summed E-state index contributed by atoms with van der Waals surface area (Å²) in [6.45, 7) is 7.93. The quantitative estimate of drug-likeness (QED) is 0.800. The molecule has 0 saturated carbocycles. The second-order valence-electron chi connectivity index (χ2n) is 6.21. The molecule has 0 saturated heterocycles. The molecule has 1 atom stereocenters. The predicted molar refractivity (Wildman–Crippen MR) is 92.8 cm³/mol. The van der Waals surface area contributed by atoms with Crippen LogP contribution in [0, 0.1) is 6.92 Å². The lowest BCUT2D eigenvalue weighted by molar-refractivity contribution is 0.0941. The first-order valence-electron chi connectivity index (χ1n) is 8.03. The number of nitrogens with zero attached hydrogens (tertiary/aromatic N) is 4. The molecule has 0 aliphatic heterocycles. The molecule has 0 aliphatic rings. The van der Waals surface area contributed by atoms with Gasteiger partial charge in [-0.25, -0.2) is 9.67 Å². The molecule has 0 spiro atoms. The SMILES string of the molecule is Cc1cc(C(=O)NC(C)c2ccncc2)c2cnn(C(C)C)c2n1. The number of hydrogen-bond acceptors (Lipinski definition) is 4. The molecule has 0 radical (unpaired) electrons. The molecule has 24 heavy (non-hydrogen) atoms. The Kier molecular flexibility index (Phi) is 4.29. The van der Waals surface area contributed by atoms with Crippen LogP contribution in [0.3, 0.4) is 0 Å². The molecular weight excluding hydrogens is 302 g/mol. The van der Waals surface area contributed by atoms with Crippen molar-refractivity contribution in [2.75, 3.05) is 0 Å². The normalized spacial score (nSPS) is 12.5. The molecule has 3 aromatic heterocycles. The number of carbonyl (C=O) groups is 1. The van der Waals surface area contributed by atoms with E-state index in [-0.39, 0.29) is 18.0 Å². The zero-order valence-electron chi connectivity index (χ0n) is 14.3. The highest BCUT2D eigenvalue weighted by Crippen LogP contribution is 2.22. The summed E-state index contributed by atoms with van der Waals surface area (Å²) in [5.41, 5.74) is 3.15. The summed E-state index contributed by atoms with van der Waals surface area (Å²) in [5, 5.41) is 8.19. The molecular formula is C18H21N5O. The molecule has 1 N–H and O–H groups in total. The largest absolute Gasteiger partial charge is 0.345 e. The van der Waals surface area contributed by atoms with E-state index in [2.05, 4.69) is 20.4 Å². The van der Waals surface area contributed by atoms with Gasteiger partial charge in [0.05, 0.1) is 23.2 Å². The minimum atomic E-state index is -0.127. The zero-order chi connectivity index (χ0) is 17.3. The van der Waals surface area contributed by atoms with Crippen LogP contribution in [0.2, 0.25) is 0 Å². The van der Waals surface area contributed by atoms with Crippen molar-refractivity contribution in [1.29, 1.82) is 0 Å². The van der Waals surface area contributed by atoms with E-state index in [4.69, 9.17) is 0 Å². The van der Waals surface area contributed by atoms with Crippen molar-refractivity contribution in [2.24, 2.45) is 0 Å². The summed E-state index contributed by atoms with van der Waals surface area (Å²) in [6, 6.07) is 5.68. The van der Waals surface area contributed by atoms with Gasteiger partial charge in [0.25, 0.3) is 5.91 Å². The molecule has 0 aromatic carbocycles. The van der Waals surface area contributed by atoms with Gasteiger partial charge in [-0.05, 0) is 51.5 Å². The van der Waals surface area contributed by atoms with Crippen molar-refractivity contribution in [2.45, 2.75) is 39.8 Å². The molecule has 124 valence electrons. The molecule has 3 aromatic rings. The molecule has 0 fully saturated rings. The molecule has 1 amide bonds. The third-order valence-corrected chi connectivity index (χ3v) is 3.98. The van der Waals surface area contributed by atoms with Crippen molar-refractivity contribution in [3.63, 3.8) is 0 Å². The van der Waals surface area contributed by atoms with Crippen LogP contribution in [0.1, 0.15) is 54.5 Å². The Labute approximate surface area is 140 Å². The van der Waals surface area contributed by atoms with Gasteiger partial charge in [0.1, 0.15) is 0 Å². The maximum absolute atomic E-state index is 12.8. The van der Waals surface area contributed by atoms with Crippen molar-refractivity contribution >= 4 is 16.9 Å². The monoisotopic (exact) mass is 323 g/mol. The third kappa shape index (κ3) is 2.99. The van der Waals surface area contributed by atoms with Gasteiger partial charge in [0.2, 0.25) is 0 Å². The average molecular weight is 323 g/mol. The maximum atomic E-state index is 12.8. The van der Waals surface area contributed by atoms with E-state index in [0.29, 0.717) is 5.56 Å². The number of rotatable bonds is 4. The first-order chi connectivity index (χ1) is 11.5. The van der Waals surface area contributed by atoms with E-state index in [1.54, 1.807) is 18.6 Å². The number of fused-ring (bicyclic) bond motifs is 1. The van der Waals surface area contributed by atoms with Gasteiger partial charge in [0.15, 0.2) is 5.65 Å². The zero-order valence-corrected chi connectivity index (χ0v) is 14.3. The highest BCUT2D eigenvalue weighted by Gasteiger charge is 2.18. The Bertz CT molecular complexity index is 870. The van der Waals surface area contributed by atoms with Gasteiger partial charge in [0, 0.05) is 24.1 Å². The Balaban J connectivity index is 1.95. The third-order valence-electron chi connectivity index (χ3n) is 3.98. The standard InChI is InChI=1S/C18H21N5O/c1-11(2)23-17-16(10-20-23)15(9-12(3)21-17)18(24)22-13(4)14-5-7-19-8-6-14/h5-11,13H,1-4H3,(H,22,24). The minimum Gasteiger partial charge on any atom is -0.345 e. The van der Waals surface area contributed by atoms with E-state index in [1.165, 1.54) is 0 Å². The van der Waals surface area contributed by atoms with E-state index in [9.17, 15) is 4.79 Å². The van der Waals surface area contributed by atoms with Gasteiger partial charge in [-0.3, -0.25) is 9.78 Å². The Morgan fingerprint density at radius 3 is 2.58 bits per heavy atom. The Morgan fingerprint density at radius 1 is 1.21 bits per heavy atom. The molecule has 6 nitrogen and oxygen atoms in total. The van der Waals surface area contributed by atoms with Gasteiger partial charge in [-0.1, -0.05) is 0 Å². The van der Waals surface area contributed by atoms with Crippen LogP contribution in [0.5, 0.6) is 0 Å². The number of pyridine rings is 2. The minimum absolute atomic E-state index is 0.107. The number of aromatic nitrogens is 4. The Morgan fingerprint density at radius 2 is 1.92 bits per heavy atom. The lowest BCUT2D eigenvalue weighted by Crippen LogP contribution is -2.27. The van der Waals surface area contributed by atoms with E-state index in [1.807, 2.05) is 50.6 Å². The highest BCUT2D eigenvalue weighted by molar-refractivity contribution is 6.05. The molecule has 6 heteroatoms. The second kappa shape index (κ2) is 6.39. The number of carbonyl (C=O) groups excluding carboxylic acids is 1. The number of hydrogen-bond donors (Lipinski definition) is 1. The van der Waals surface area contributed by atoms with Crippen molar-refractivity contribution in [3.05, 3.63) is 53.6 Å². The molecule has 0 bridgehead atoms. The number of aryl methyl sites for hydroxylation is 1. The van der Waals surface area contributed by atoms with Crippen LogP contribution in [-0.2, 0) is 0 Å². The molecule has 3 heterocycles. The fourth-order valence-electron chi connectivity index (χ4n) is 2.72. The first kappa shape index (κ1) is 16.1. The molecule has 3 rings (SSSR count). The highest BCUT2D eigenvalue weighted by atomic mass is 16.1. The van der Waals surface area contributed by atoms with Gasteiger partial charge in [-0.15, -0.1) is 0 Å².